The van der Waals surface area contributed by atoms with Crippen molar-refractivity contribution in [2.24, 2.45) is 17.8 Å². The molecule has 0 bridgehead atoms. The average Bonchev–Trinajstić information content (AvgIpc) is 3.53. The molecule has 12 nitrogen and oxygen atoms in total. The third-order valence-electron chi connectivity index (χ3n) is 12.7. The minimum Gasteiger partial charge on any atom is -0.551 e. The Morgan fingerprint density at radius 2 is 0.794 bits per heavy atom. The van der Waals surface area contributed by atoms with Crippen molar-refractivity contribution >= 4 is 66.1 Å². The van der Waals surface area contributed by atoms with E-state index in [9.17, 15) is 28.8 Å². The minimum absolute atomic E-state index is 0.232. The fourth-order valence-corrected chi connectivity index (χ4v) is 10.7. The van der Waals surface area contributed by atoms with Gasteiger partial charge >= 0.3 is 30.3 Å². The van der Waals surface area contributed by atoms with Gasteiger partial charge in [-0.05, 0) is 38.5 Å². The Bertz CT molecular complexity index is 1480. The first-order valence-electron chi connectivity index (χ1n) is 27.4. The van der Waals surface area contributed by atoms with E-state index in [-0.39, 0.29) is 12.8 Å². The summed E-state index contributed by atoms with van der Waals surface area (Å²) in [6.07, 6.45) is 47.8. The zero-order valence-electron chi connectivity index (χ0n) is 42.7. The van der Waals surface area contributed by atoms with Crippen molar-refractivity contribution in [2.75, 3.05) is 0 Å². The van der Waals surface area contributed by atoms with Gasteiger partial charge in [0.25, 0.3) is 35.8 Å². The van der Waals surface area contributed by atoms with Gasteiger partial charge in [-0.25, -0.2) is 0 Å². The Morgan fingerprint density at radius 3 is 1.16 bits per heavy atom. The monoisotopic (exact) mass is 985 g/mol. The molecule has 0 aromatic rings. The van der Waals surface area contributed by atoms with Gasteiger partial charge < -0.3 is 22.7 Å². The molecular weight excluding hydrogens is 895 g/mol. The molecule has 2 fully saturated rings. The second kappa shape index (κ2) is 41.8. The molecule has 0 N–H and O–H groups in total. The number of unbranched alkanes of at least 4 members (excludes halogenated alkanes) is 30. The van der Waals surface area contributed by atoms with Crippen LogP contribution in [0, 0.1) is 17.8 Å². The number of carbonyl (C=O) groups is 6. The topological polar surface area (TPSA) is 158 Å². The van der Waals surface area contributed by atoms with Crippen molar-refractivity contribution < 1.29 is 51.5 Å². The van der Waals surface area contributed by atoms with E-state index in [0.717, 1.165) is 57.8 Å². The molecule has 2 saturated heterocycles. The molecule has 2 heterocycles. The minimum atomic E-state index is -3.63. The Hall–Kier alpha value is -2.90. The maximum absolute atomic E-state index is 13.6. The second-order valence-electron chi connectivity index (χ2n) is 19.0. The molecule has 3 atom stereocenters. The van der Waals surface area contributed by atoms with Crippen LogP contribution in [0.5, 0.6) is 0 Å². The van der Waals surface area contributed by atoms with E-state index in [1.165, 1.54) is 154 Å². The van der Waals surface area contributed by atoms with Crippen LogP contribution in [0.2, 0.25) is 0 Å². The Morgan fingerprint density at radius 1 is 0.471 bits per heavy atom. The highest BCUT2D eigenvalue weighted by Gasteiger charge is 2.54. The van der Waals surface area contributed by atoms with Gasteiger partial charge in [0.1, 0.15) is 0 Å². The smallest absolute Gasteiger partial charge is 0.551 e. The van der Waals surface area contributed by atoms with E-state index in [2.05, 4.69) is 20.8 Å². The number of hydrogen-bond acceptors (Lipinski definition) is 12. The first-order valence-corrected chi connectivity index (χ1v) is 30.2. The van der Waals surface area contributed by atoms with Crippen LogP contribution < -0.4 is 0 Å². The van der Waals surface area contributed by atoms with Crippen molar-refractivity contribution in [3.05, 3.63) is 36.5 Å². The van der Waals surface area contributed by atoms with Crippen LogP contribution in [0.25, 0.3) is 0 Å². The van der Waals surface area contributed by atoms with Crippen LogP contribution >= 0.6 is 0 Å². The maximum atomic E-state index is 13.6. The molecule has 0 aromatic carbocycles. The van der Waals surface area contributed by atoms with Crippen molar-refractivity contribution in [1.29, 1.82) is 0 Å². The summed E-state index contributed by atoms with van der Waals surface area (Å²) in [4.78, 5) is 78.5. The van der Waals surface area contributed by atoms with Crippen molar-refractivity contribution in [2.45, 2.75) is 252 Å². The average molecular weight is 985 g/mol. The molecule has 0 radical (unpaired) electrons. The van der Waals surface area contributed by atoms with Gasteiger partial charge in [0.05, 0.1) is 37.0 Å². The SMILES string of the molecule is CCCCCCCCCCCCC=CC1CC(=O)[O][Al]([O]C(=O)CC(C=CCCCCCCCCCCCC)C(=O)[O][Al]2[O]C(=O)CC(C=CCCCCCCCCCCCC)C(=O)[O]2)[O]C1=O. The lowest BCUT2D eigenvalue weighted by atomic mass is 10.0. The molecule has 0 aromatic heterocycles. The zero-order chi connectivity index (χ0) is 49.3. The number of carbonyl (C=O) groups excluding carboxylic acids is 6. The molecular formula is C54H90Al2O12. The van der Waals surface area contributed by atoms with Gasteiger partial charge in [-0.1, -0.05) is 231 Å². The van der Waals surface area contributed by atoms with Gasteiger partial charge in [-0.15, -0.1) is 0 Å². The quantitative estimate of drug-likeness (QED) is 0.0325. The lowest BCUT2D eigenvalue weighted by molar-refractivity contribution is -0.152. The number of rotatable bonds is 41. The first kappa shape index (κ1) is 61.2. The molecule has 2 rings (SSSR count). The largest absolute Gasteiger partial charge is 1.20 e. The fraction of sp³-hybridized carbons (Fsp3) is 0.778. The molecule has 68 heavy (non-hydrogen) atoms. The maximum Gasteiger partial charge on any atom is 1.20 e. The highest BCUT2D eigenvalue weighted by molar-refractivity contribution is 6.45. The van der Waals surface area contributed by atoms with Crippen molar-refractivity contribution in [3.8, 4) is 0 Å². The Labute approximate surface area is 421 Å². The normalized spacial score (nSPS) is 17.3. The molecule has 0 aliphatic carbocycles. The summed E-state index contributed by atoms with van der Waals surface area (Å²) in [5.41, 5.74) is 0. The number of allylic oxidation sites excluding steroid dienone is 3. The predicted octanol–water partition coefficient (Wildman–Crippen LogP) is 13.9. The van der Waals surface area contributed by atoms with E-state index in [4.69, 9.17) is 22.7 Å². The molecule has 2 aliphatic heterocycles. The molecule has 0 spiro atoms. The summed E-state index contributed by atoms with van der Waals surface area (Å²) >= 11 is -7.23. The predicted molar refractivity (Wildman–Crippen MR) is 269 cm³/mol. The highest BCUT2D eigenvalue weighted by Crippen LogP contribution is 2.22. The molecule has 0 amide bonds. The van der Waals surface area contributed by atoms with Crippen molar-refractivity contribution in [3.63, 3.8) is 0 Å². The van der Waals surface area contributed by atoms with E-state index < -0.39 is 90.3 Å². The van der Waals surface area contributed by atoms with Crippen LogP contribution in [-0.2, 0) is 51.5 Å². The second-order valence-corrected chi connectivity index (χ2v) is 21.6. The number of hydrogen-bond donors (Lipinski definition) is 0. The zero-order valence-corrected chi connectivity index (χ0v) is 45.0. The van der Waals surface area contributed by atoms with E-state index in [1.54, 1.807) is 18.2 Å². The van der Waals surface area contributed by atoms with Crippen LogP contribution in [0.1, 0.15) is 252 Å². The third-order valence-corrected chi connectivity index (χ3v) is 15.3. The standard InChI is InChI=1S/3C18H32O4.2Al/c3*1-2-3-4-5-6-7-8-9-10-11-12-13-14-16(18(21)22)15-17(19)20;;/h3*13-14,16H,2-12,15H2,1H3,(H,19,20)(H,21,22);;/q;;;2*+3/p-6. The van der Waals surface area contributed by atoms with Crippen molar-refractivity contribution in [1.82, 2.24) is 0 Å². The summed E-state index contributed by atoms with van der Waals surface area (Å²) in [6.45, 7) is 6.67. The van der Waals surface area contributed by atoms with Gasteiger partial charge in [-0.2, -0.15) is 0 Å². The summed E-state index contributed by atoms with van der Waals surface area (Å²) < 4.78 is 32.4. The van der Waals surface area contributed by atoms with Gasteiger partial charge in [0.2, 0.25) is 0 Å². The molecule has 0 saturated carbocycles. The molecule has 384 valence electrons. The first-order chi connectivity index (χ1) is 33.2. The highest BCUT2D eigenvalue weighted by atomic mass is 27.3. The van der Waals surface area contributed by atoms with Gasteiger partial charge in [-0.3, -0.25) is 28.8 Å². The summed E-state index contributed by atoms with van der Waals surface area (Å²) in [5.74, 6) is -7.62. The van der Waals surface area contributed by atoms with E-state index >= 15 is 0 Å². The summed E-state index contributed by atoms with van der Waals surface area (Å²) in [7, 11) is 0. The molecule has 3 unspecified atom stereocenters. The molecule has 2 aliphatic rings. The van der Waals surface area contributed by atoms with E-state index in [0.29, 0.717) is 6.42 Å². The molecule has 14 heteroatoms. The Kier molecular flexibility index (Phi) is 37.7. The fourth-order valence-electron chi connectivity index (χ4n) is 8.42. The van der Waals surface area contributed by atoms with Gasteiger partial charge in [0.15, 0.2) is 0 Å². The lowest BCUT2D eigenvalue weighted by Gasteiger charge is -2.16. The Balaban J connectivity index is 1.92. The van der Waals surface area contributed by atoms with Crippen LogP contribution in [0.15, 0.2) is 36.5 Å². The summed E-state index contributed by atoms with van der Waals surface area (Å²) in [6, 6.07) is 0. The van der Waals surface area contributed by atoms with Crippen LogP contribution in [0.4, 0.5) is 0 Å². The van der Waals surface area contributed by atoms with E-state index in [1.807, 2.05) is 12.2 Å². The third kappa shape index (κ3) is 32.1. The van der Waals surface area contributed by atoms with Crippen LogP contribution in [0.3, 0.4) is 0 Å². The lowest BCUT2D eigenvalue weighted by Crippen LogP contribution is -2.36. The summed E-state index contributed by atoms with van der Waals surface area (Å²) in [5, 5.41) is 0. The van der Waals surface area contributed by atoms with Gasteiger partial charge in [0, 0.05) is 0 Å². The van der Waals surface area contributed by atoms with Crippen LogP contribution in [-0.4, -0.2) is 66.1 Å².